The lowest BCUT2D eigenvalue weighted by Gasteiger charge is -2.38. The van der Waals surface area contributed by atoms with Gasteiger partial charge in [0.25, 0.3) is 0 Å². The lowest BCUT2D eigenvalue weighted by Crippen LogP contribution is -2.32. The number of hydrogen-bond donors (Lipinski definition) is 0. The van der Waals surface area contributed by atoms with Crippen LogP contribution in [0, 0.1) is 0 Å². The SMILES string of the molecule is [2H]C([2H])([2H])N(C1c2ccccc2C=Cc2ccccc21)C1c2ccccc2C=Cc2ccccc21. The summed E-state index contributed by atoms with van der Waals surface area (Å²) in [6.07, 6.45) is 8.40. The van der Waals surface area contributed by atoms with E-state index in [2.05, 4.69) is 72.8 Å². The van der Waals surface area contributed by atoms with Gasteiger partial charge < -0.3 is 0 Å². The van der Waals surface area contributed by atoms with Crippen LogP contribution in [0.1, 0.15) is 60.7 Å². The van der Waals surface area contributed by atoms with Gasteiger partial charge >= 0.3 is 0 Å². The van der Waals surface area contributed by atoms with Crippen molar-refractivity contribution < 1.29 is 4.11 Å². The summed E-state index contributed by atoms with van der Waals surface area (Å²) in [6, 6.07) is 31.7. The van der Waals surface area contributed by atoms with Gasteiger partial charge in [0, 0.05) is 4.11 Å². The molecule has 0 unspecified atom stereocenters. The maximum atomic E-state index is 8.89. The number of nitrogens with zero attached hydrogens (tertiary/aromatic N) is 1. The van der Waals surface area contributed by atoms with Gasteiger partial charge in [-0.3, -0.25) is 4.90 Å². The molecule has 4 aromatic rings. The van der Waals surface area contributed by atoms with Crippen LogP contribution in [0.5, 0.6) is 0 Å². The molecule has 0 aliphatic heterocycles. The fourth-order valence-corrected chi connectivity index (χ4v) is 5.09. The van der Waals surface area contributed by atoms with E-state index < -0.39 is 19.1 Å². The van der Waals surface area contributed by atoms with Crippen LogP contribution in [-0.4, -0.2) is 11.9 Å². The Labute approximate surface area is 194 Å². The molecule has 0 saturated carbocycles. The van der Waals surface area contributed by atoms with Crippen molar-refractivity contribution in [3.8, 4) is 0 Å². The quantitative estimate of drug-likeness (QED) is 0.329. The Morgan fingerprint density at radius 2 is 0.750 bits per heavy atom. The molecule has 1 heteroatoms. The predicted octanol–water partition coefficient (Wildman–Crippen LogP) is 7.47. The molecule has 2 aliphatic carbocycles. The summed E-state index contributed by atoms with van der Waals surface area (Å²) in [5.74, 6) is 0. The third-order valence-electron chi connectivity index (χ3n) is 6.60. The second-order valence-electron chi connectivity index (χ2n) is 8.39. The highest BCUT2D eigenvalue weighted by atomic mass is 15.2. The number of hydrogen-bond acceptors (Lipinski definition) is 1. The summed E-state index contributed by atoms with van der Waals surface area (Å²) in [5, 5.41) is 0. The number of fused-ring (bicyclic) bond motifs is 4. The van der Waals surface area contributed by atoms with Gasteiger partial charge in [-0.2, -0.15) is 0 Å². The lowest BCUT2D eigenvalue weighted by atomic mass is 9.87. The molecule has 0 fully saturated rings. The molecule has 2 aliphatic rings. The Morgan fingerprint density at radius 1 is 0.469 bits per heavy atom. The zero-order valence-corrected chi connectivity index (χ0v) is 17.6. The third kappa shape index (κ3) is 3.05. The van der Waals surface area contributed by atoms with Gasteiger partial charge in [0.1, 0.15) is 0 Å². The molecular formula is C31H25N. The van der Waals surface area contributed by atoms with Crippen LogP contribution < -0.4 is 0 Å². The van der Waals surface area contributed by atoms with Crippen molar-refractivity contribution >= 4 is 24.3 Å². The van der Waals surface area contributed by atoms with Gasteiger partial charge in [0.15, 0.2) is 0 Å². The summed E-state index contributed by atoms with van der Waals surface area (Å²) in [7, 11) is 0. The third-order valence-corrected chi connectivity index (χ3v) is 6.60. The monoisotopic (exact) mass is 414 g/mol. The largest absolute Gasteiger partial charge is 0.284 e. The average molecular weight is 415 g/mol. The molecule has 0 spiro atoms. The maximum Gasteiger partial charge on any atom is 0.0618 e. The summed E-state index contributed by atoms with van der Waals surface area (Å²) < 4.78 is 26.7. The number of rotatable bonds is 2. The molecule has 154 valence electrons. The molecule has 6 rings (SSSR count). The first-order valence-electron chi connectivity index (χ1n) is 12.5. The van der Waals surface area contributed by atoms with E-state index in [1.807, 2.05) is 48.5 Å². The van der Waals surface area contributed by atoms with Crippen LogP contribution in [0.2, 0.25) is 0 Å². The van der Waals surface area contributed by atoms with E-state index in [-0.39, 0.29) is 0 Å². The van der Waals surface area contributed by atoms with Gasteiger partial charge in [-0.1, -0.05) is 121 Å². The van der Waals surface area contributed by atoms with Gasteiger partial charge in [-0.25, -0.2) is 0 Å². The summed E-state index contributed by atoms with van der Waals surface area (Å²) in [6.45, 7) is -2.37. The smallest absolute Gasteiger partial charge is 0.0618 e. The molecule has 0 aromatic heterocycles. The average Bonchev–Trinajstić information content (AvgIpc) is 3.13. The van der Waals surface area contributed by atoms with Crippen LogP contribution in [0.3, 0.4) is 0 Å². The summed E-state index contributed by atoms with van der Waals surface area (Å²) >= 11 is 0. The molecule has 4 aromatic carbocycles. The van der Waals surface area contributed by atoms with Crippen molar-refractivity contribution in [3.05, 3.63) is 142 Å². The molecule has 0 saturated heterocycles. The van der Waals surface area contributed by atoms with E-state index in [1.165, 1.54) is 0 Å². The first-order chi connectivity index (χ1) is 17.0. The lowest BCUT2D eigenvalue weighted by molar-refractivity contribution is 0.228. The minimum atomic E-state index is -2.37. The minimum Gasteiger partial charge on any atom is -0.284 e. The zero-order valence-electron chi connectivity index (χ0n) is 20.6. The zero-order chi connectivity index (χ0) is 24.0. The van der Waals surface area contributed by atoms with Crippen molar-refractivity contribution in [2.75, 3.05) is 6.98 Å². The van der Waals surface area contributed by atoms with E-state index in [0.717, 1.165) is 44.5 Å². The molecule has 0 atom stereocenters. The predicted molar refractivity (Wildman–Crippen MR) is 135 cm³/mol. The van der Waals surface area contributed by atoms with Gasteiger partial charge in [-0.05, 0) is 51.5 Å². The Balaban J connectivity index is 1.68. The van der Waals surface area contributed by atoms with E-state index >= 15 is 0 Å². The Kier molecular flexibility index (Phi) is 3.90. The van der Waals surface area contributed by atoms with E-state index in [0.29, 0.717) is 0 Å². The maximum absolute atomic E-state index is 8.89. The first kappa shape index (κ1) is 16.0. The fraction of sp³-hybridized carbons (Fsp3) is 0.0968. The van der Waals surface area contributed by atoms with E-state index in [4.69, 9.17) is 4.11 Å². The summed E-state index contributed by atoms with van der Waals surface area (Å²) in [5.41, 5.74) is 8.14. The van der Waals surface area contributed by atoms with Crippen LogP contribution in [0.4, 0.5) is 0 Å². The molecule has 32 heavy (non-hydrogen) atoms. The van der Waals surface area contributed by atoms with Crippen molar-refractivity contribution in [1.82, 2.24) is 4.90 Å². The highest BCUT2D eigenvalue weighted by Crippen LogP contribution is 2.44. The highest BCUT2D eigenvalue weighted by molar-refractivity contribution is 5.78. The molecular weight excluding hydrogens is 386 g/mol. The Morgan fingerprint density at radius 3 is 1.03 bits per heavy atom. The molecule has 0 N–H and O–H groups in total. The van der Waals surface area contributed by atoms with Crippen molar-refractivity contribution in [2.24, 2.45) is 0 Å². The van der Waals surface area contributed by atoms with Crippen molar-refractivity contribution in [1.29, 1.82) is 0 Å². The number of benzene rings is 4. The van der Waals surface area contributed by atoms with Crippen LogP contribution in [-0.2, 0) is 0 Å². The van der Waals surface area contributed by atoms with Gasteiger partial charge in [-0.15, -0.1) is 0 Å². The molecule has 0 amide bonds. The Bertz CT molecular complexity index is 1260. The second kappa shape index (κ2) is 7.78. The van der Waals surface area contributed by atoms with Gasteiger partial charge in [0.05, 0.1) is 12.1 Å². The van der Waals surface area contributed by atoms with Crippen LogP contribution in [0.15, 0.2) is 97.1 Å². The summed E-state index contributed by atoms with van der Waals surface area (Å²) in [4.78, 5) is 1.75. The van der Waals surface area contributed by atoms with Crippen molar-refractivity contribution in [3.63, 3.8) is 0 Å². The minimum absolute atomic E-state index is 0.464. The second-order valence-corrected chi connectivity index (χ2v) is 8.39. The topological polar surface area (TPSA) is 3.24 Å². The Hall–Kier alpha value is -3.68. The van der Waals surface area contributed by atoms with Crippen molar-refractivity contribution in [2.45, 2.75) is 12.1 Å². The first-order valence-corrected chi connectivity index (χ1v) is 11.0. The molecule has 1 nitrogen and oxygen atoms in total. The standard InChI is InChI=1S/C31H25N/c1-32(30-26-14-6-2-10-22(26)18-19-23-11-3-7-15-27(23)30)31-28-16-8-4-12-24(28)20-21-25-13-5-9-17-29(25)31/h2-21,30-31H,1H3/i1D3. The molecule has 0 radical (unpaired) electrons. The van der Waals surface area contributed by atoms with Crippen LogP contribution >= 0.6 is 0 Å². The fourth-order valence-electron chi connectivity index (χ4n) is 5.09. The normalized spacial score (nSPS) is 16.6. The highest BCUT2D eigenvalue weighted by Gasteiger charge is 2.33. The van der Waals surface area contributed by atoms with Crippen LogP contribution in [0.25, 0.3) is 24.3 Å². The van der Waals surface area contributed by atoms with E-state index in [9.17, 15) is 0 Å². The molecule has 0 bridgehead atoms. The van der Waals surface area contributed by atoms with Gasteiger partial charge in [0.2, 0.25) is 0 Å². The molecule has 0 heterocycles. The van der Waals surface area contributed by atoms with E-state index in [1.54, 1.807) is 4.90 Å².